The molecule has 1 saturated heterocycles. The Balaban J connectivity index is 1.29. The first kappa shape index (κ1) is 21.1. The minimum atomic E-state index is -0.871. The Hall–Kier alpha value is -3.15. The fourth-order valence-corrected chi connectivity index (χ4v) is 3.95. The highest BCUT2D eigenvalue weighted by atomic mass is 16.5. The first-order valence-corrected chi connectivity index (χ1v) is 10.7. The summed E-state index contributed by atoms with van der Waals surface area (Å²) in [4.78, 5) is 16.1. The van der Waals surface area contributed by atoms with Gasteiger partial charge in [0, 0.05) is 26.2 Å². The Morgan fingerprint density at radius 3 is 2.06 bits per heavy atom. The van der Waals surface area contributed by atoms with Gasteiger partial charge in [-0.15, -0.1) is 0 Å². The van der Waals surface area contributed by atoms with Crippen LogP contribution in [-0.4, -0.2) is 47.1 Å². The summed E-state index contributed by atoms with van der Waals surface area (Å²) in [5.74, 6) is 0.821. The van der Waals surface area contributed by atoms with Crippen molar-refractivity contribution in [1.82, 2.24) is 9.80 Å². The van der Waals surface area contributed by atoms with Crippen LogP contribution < -0.4 is 4.74 Å². The fraction of sp³-hybridized carbons (Fsp3) is 0.269. The number of carboxylic acids is 1. The van der Waals surface area contributed by atoms with Gasteiger partial charge in [-0.25, -0.2) is 4.79 Å². The number of nitrogens with zero attached hydrogens (tertiary/aromatic N) is 2. The number of carbonyl (C=O) groups is 1. The zero-order chi connectivity index (χ0) is 21.5. The average Bonchev–Trinajstić information content (AvgIpc) is 3.01. The first-order chi connectivity index (χ1) is 15.2. The second kappa shape index (κ2) is 10.2. The lowest BCUT2D eigenvalue weighted by Crippen LogP contribution is -2.30. The molecule has 0 saturated carbocycles. The molecule has 1 N–H and O–H groups in total. The molecule has 1 heterocycles. The van der Waals surface area contributed by atoms with Crippen molar-refractivity contribution in [3.63, 3.8) is 0 Å². The number of hydrogen-bond donors (Lipinski definition) is 1. The summed E-state index contributed by atoms with van der Waals surface area (Å²) in [7, 11) is 0. The molecule has 5 heteroatoms. The summed E-state index contributed by atoms with van der Waals surface area (Å²) in [5, 5.41) is 9.20. The van der Waals surface area contributed by atoms with Crippen LogP contribution in [0.5, 0.6) is 11.5 Å². The van der Waals surface area contributed by atoms with E-state index in [0.29, 0.717) is 5.56 Å². The monoisotopic (exact) mass is 416 g/mol. The van der Waals surface area contributed by atoms with Gasteiger partial charge in [0.1, 0.15) is 11.5 Å². The zero-order valence-electron chi connectivity index (χ0n) is 17.6. The molecule has 0 atom stereocenters. The highest BCUT2D eigenvalue weighted by Gasteiger charge is 2.16. The van der Waals surface area contributed by atoms with Crippen LogP contribution >= 0.6 is 0 Å². The Morgan fingerprint density at radius 1 is 0.742 bits per heavy atom. The standard InChI is InChI=1S/C26H28N2O3/c29-26(30)23-7-4-6-22(18-23)20-28-15-5-14-27(16-17-28)19-21-10-12-25(13-11-21)31-24-8-2-1-3-9-24/h1-4,6-13,18H,5,14-17,19-20H2,(H,29,30). The van der Waals surface area contributed by atoms with Crippen molar-refractivity contribution in [2.45, 2.75) is 19.5 Å². The van der Waals surface area contributed by atoms with Gasteiger partial charge >= 0.3 is 5.97 Å². The molecule has 3 aromatic rings. The lowest BCUT2D eigenvalue weighted by Gasteiger charge is -2.22. The van der Waals surface area contributed by atoms with Gasteiger partial charge in [-0.05, 0) is 67.0 Å². The van der Waals surface area contributed by atoms with Crippen molar-refractivity contribution in [3.05, 3.63) is 95.6 Å². The van der Waals surface area contributed by atoms with E-state index in [2.05, 4.69) is 21.9 Å². The van der Waals surface area contributed by atoms with Gasteiger partial charge in [0.2, 0.25) is 0 Å². The van der Waals surface area contributed by atoms with Crippen LogP contribution in [0.4, 0.5) is 0 Å². The van der Waals surface area contributed by atoms with E-state index in [-0.39, 0.29) is 0 Å². The van der Waals surface area contributed by atoms with Gasteiger partial charge in [-0.3, -0.25) is 9.80 Å². The molecule has 160 valence electrons. The number of benzene rings is 3. The normalized spacial score (nSPS) is 15.4. The Kier molecular flexibility index (Phi) is 6.97. The van der Waals surface area contributed by atoms with Crippen LogP contribution in [0.1, 0.15) is 27.9 Å². The zero-order valence-corrected chi connectivity index (χ0v) is 17.6. The summed E-state index contributed by atoms with van der Waals surface area (Å²) < 4.78 is 5.88. The Morgan fingerprint density at radius 2 is 1.39 bits per heavy atom. The molecule has 0 bridgehead atoms. The second-order valence-electron chi connectivity index (χ2n) is 7.97. The molecule has 0 unspecified atom stereocenters. The lowest BCUT2D eigenvalue weighted by atomic mass is 10.1. The van der Waals surface area contributed by atoms with E-state index in [4.69, 9.17) is 4.74 Å². The molecule has 1 fully saturated rings. The SMILES string of the molecule is O=C(O)c1cccc(CN2CCCN(Cc3ccc(Oc4ccccc4)cc3)CC2)c1. The molecule has 0 aromatic heterocycles. The third kappa shape index (κ3) is 6.17. The van der Waals surface area contributed by atoms with Crippen LogP contribution in [0.15, 0.2) is 78.9 Å². The fourth-order valence-electron chi connectivity index (χ4n) is 3.95. The van der Waals surface area contributed by atoms with Gasteiger partial charge < -0.3 is 9.84 Å². The van der Waals surface area contributed by atoms with Crippen molar-refractivity contribution in [2.75, 3.05) is 26.2 Å². The van der Waals surface area contributed by atoms with Crippen LogP contribution in [0.2, 0.25) is 0 Å². The molecular weight excluding hydrogens is 388 g/mol. The van der Waals surface area contributed by atoms with E-state index in [1.807, 2.05) is 54.6 Å². The highest BCUT2D eigenvalue weighted by molar-refractivity contribution is 5.87. The maximum atomic E-state index is 11.2. The average molecular weight is 417 g/mol. The predicted molar refractivity (Wildman–Crippen MR) is 122 cm³/mol. The first-order valence-electron chi connectivity index (χ1n) is 10.7. The number of para-hydroxylation sites is 1. The topological polar surface area (TPSA) is 53.0 Å². The van der Waals surface area contributed by atoms with E-state index in [1.165, 1.54) is 5.56 Å². The molecular formula is C26H28N2O3. The largest absolute Gasteiger partial charge is 0.478 e. The smallest absolute Gasteiger partial charge is 0.335 e. The molecule has 0 radical (unpaired) electrons. The predicted octanol–water partition coefficient (Wildman–Crippen LogP) is 4.89. The van der Waals surface area contributed by atoms with Crippen molar-refractivity contribution < 1.29 is 14.6 Å². The van der Waals surface area contributed by atoms with E-state index in [1.54, 1.807) is 12.1 Å². The van der Waals surface area contributed by atoms with Gasteiger partial charge in [0.15, 0.2) is 0 Å². The van der Waals surface area contributed by atoms with Crippen molar-refractivity contribution >= 4 is 5.97 Å². The maximum absolute atomic E-state index is 11.2. The number of ether oxygens (including phenoxy) is 1. The second-order valence-corrected chi connectivity index (χ2v) is 7.97. The highest BCUT2D eigenvalue weighted by Crippen LogP contribution is 2.22. The number of carboxylic acid groups (broad SMARTS) is 1. The van der Waals surface area contributed by atoms with E-state index >= 15 is 0 Å². The van der Waals surface area contributed by atoms with Crippen LogP contribution in [0.3, 0.4) is 0 Å². The van der Waals surface area contributed by atoms with Crippen LogP contribution in [-0.2, 0) is 13.1 Å². The summed E-state index contributed by atoms with van der Waals surface area (Å²) in [6, 6.07) is 25.4. The van der Waals surface area contributed by atoms with Crippen LogP contribution in [0.25, 0.3) is 0 Å². The third-order valence-corrected chi connectivity index (χ3v) is 5.57. The molecule has 4 rings (SSSR count). The van der Waals surface area contributed by atoms with Crippen LogP contribution in [0, 0.1) is 0 Å². The van der Waals surface area contributed by atoms with E-state index < -0.39 is 5.97 Å². The van der Waals surface area contributed by atoms with E-state index in [9.17, 15) is 9.90 Å². The van der Waals surface area contributed by atoms with Gasteiger partial charge in [0.25, 0.3) is 0 Å². The summed E-state index contributed by atoms with van der Waals surface area (Å²) in [6.45, 7) is 5.79. The molecule has 0 amide bonds. The minimum Gasteiger partial charge on any atom is -0.478 e. The molecule has 1 aliphatic rings. The molecule has 1 aliphatic heterocycles. The van der Waals surface area contributed by atoms with E-state index in [0.717, 1.165) is 62.8 Å². The summed E-state index contributed by atoms with van der Waals surface area (Å²) in [5.41, 5.74) is 2.69. The Labute approximate surface area is 183 Å². The van der Waals surface area contributed by atoms with Gasteiger partial charge in [-0.2, -0.15) is 0 Å². The molecule has 5 nitrogen and oxygen atoms in total. The third-order valence-electron chi connectivity index (χ3n) is 5.57. The van der Waals surface area contributed by atoms with Gasteiger partial charge in [-0.1, -0.05) is 42.5 Å². The molecule has 0 spiro atoms. The maximum Gasteiger partial charge on any atom is 0.335 e. The number of aromatic carboxylic acids is 1. The van der Waals surface area contributed by atoms with Crippen molar-refractivity contribution in [1.29, 1.82) is 0 Å². The summed E-state index contributed by atoms with van der Waals surface area (Å²) >= 11 is 0. The molecule has 31 heavy (non-hydrogen) atoms. The number of rotatable bonds is 7. The molecule has 3 aromatic carbocycles. The Bertz CT molecular complexity index is 989. The minimum absolute atomic E-state index is 0.355. The summed E-state index contributed by atoms with van der Waals surface area (Å²) in [6.07, 6.45) is 1.10. The lowest BCUT2D eigenvalue weighted by molar-refractivity contribution is 0.0696. The molecule has 0 aliphatic carbocycles. The van der Waals surface area contributed by atoms with Crippen molar-refractivity contribution in [3.8, 4) is 11.5 Å². The quantitative estimate of drug-likeness (QED) is 0.595. The van der Waals surface area contributed by atoms with Gasteiger partial charge in [0.05, 0.1) is 5.56 Å². The van der Waals surface area contributed by atoms with Crippen molar-refractivity contribution in [2.24, 2.45) is 0 Å². The number of hydrogen-bond acceptors (Lipinski definition) is 4.